The van der Waals surface area contributed by atoms with Crippen molar-refractivity contribution in [1.29, 1.82) is 0 Å². The molecule has 0 unspecified atom stereocenters. The summed E-state index contributed by atoms with van der Waals surface area (Å²) >= 11 is 0. The van der Waals surface area contributed by atoms with Crippen molar-refractivity contribution in [2.24, 2.45) is 0 Å². The number of ether oxygens (including phenoxy) is 5. The van der Waals surface area contributed by atoms with Gasteiger partial charge in [-0.05, 0) is 18.2 Å². The summed E-state index contributed by atoms with van der Waals surface area (Å²) in [6.45, 7) is -1.75. The van der Waals surface area contributed by atoms with Crippen LogP contribution in [0.5, 0.6) is 11.5 Å². The lowest BCUT2D eigenvalue weighted by Crippen LogP contribution is -2.65. The number of carboxylic acids is 1. The van der Waals surface area contributed by atoms with Gasteiger partial charge in [-0.15, -0.1) is 0 Å². The molecule has 0 spiro atoms. The van der Waals surface area contributed by atoms with Crippen molar-refractivity contribution >= 4 is 16.4 Å². The molecule has 10 atom stereocenters. The normalized spacial score (nSPS) is 36.0. The maximum Gasteiger partial charge on any atom is 0.397 e. The number of methoxy groups -OCH3 is 1. The van der Waals surface area contributed by atoms with Crippen LogP contribution in [-0.4, -0.2) is 136 Å². The van der Waals surface area contributed by atoms with E-state index < -0.39 is 91.0 Å². The van der Waals surface area contributed by atoms with E-state index in [1.165, 1.54) is 19.2 Å². The molecule has 0 aliphatic carbocycles. The lowest BCUT2D eigenvalue weighted by atomic mass is 9.97. The Morgan fingerprint density at radius 2 is 1.53 bits per heavy atom. The van der Waals surface area contributed by atoms with Crippen molar-refractivity contribution in [2.45, 2.75) is 61.4 Å². The molecule has 2 heterocycles. The van der Waals surface area contributed by atoms with Gasteiger partial charge in [0.25, 0.3) is 0 Å². The zero-order chi connectivity index (χ0) is 28.4. The van der Waals surface area contributed by atoms with Crippen LogP contribution in [0.3, 0.4) is 0 Å². The Balaban J connectivity index is 1.79. The number of aliphatic hydroxyl groups excluding tert-OH is 6. The third kappa shape index (κ3) is 6.68. The molecule has 2 aliphatic rings. The molecule has 3 rings (SSSR count). The summed E-state index contributed by atoms with van der Waals surface area (Å²) in [7, 11) is -3.96. The number of carbonyl (C=O) groups is 1. The second-order valence-corrected chi connectivity index (χ2v) is 9.34. The molecular weight excluding hydrogens is 544 g/mol. The van der Waals surface area contributed by atoms with E-state index in [0.29, 0.717) is 0 Å². The molecule has 0 radical (unpaired) electrons. The highest BCUT2D eigenvalue weighted by Crippen LogP contribution is 2.34. The van der Waals surface area contributed by atoms with E-state index in [0.717, 1.165) is 6.07 Å². The third-order valence-corrected chi connectivity index (χ3v) is 6.29. The van der Waals surface area contributed by atoms with Crippen LogP contribution < -0.4 is 9.47 Å². The number of hydrogen-bond acceptors (Lipinski definition) is 15. The standard InChI is InChI=1S/C20H28O17S/c1-32-9-4-7(18(27)28)2-3-8(9)33-19-14(25)13(24)16(11(6-22)35-19)36-20-15(26)17(37-38(29,30)31)12(23)10(5-21)34-20/h2-4,10-17,19-26H,5-6H2,1H3,(H,27,28)(H,29,30,31)/t10-,11-,12+,13-,14-,15-,16-,17+,19-,20+/m1/s1. The second kappa shape index (κ2) is 12.3. The Hall–Kier alpha value is -2.20. The van der Waals surface area contributed by atoms with Gasteiger partial charge in [0, 0.05) is 0 Å². The number of aliphatic hydroxyl groups is 6. The Morgan fingerprint density at radius 1 is 0.895 bits per heavy atom. The van der Waals surface area contributed by atoms with Crippen LogP contribution in [0.25, 0.3) is 0 Å². The van der Waals surface area contributed by atoms with Crippen LogP contribution in [0.15, 0.2) is 18.2 Å². The molecule has 38 heavy (non-hydrogen) atoms. The third-order valence-electron chi connectivity index (χ3n) is 5.82. The van der Waals surface area contributed by atoms with Gasteiger partial charge in [-0.2, -0.15) is 8.42 Å². The van der Waals surface area contributed by atoms with E-state index in [2.05, 4.69) is 4.18 Å². The molecule has 2 fully saturated rings. The van der Waals surface area contributed by atoms with Crippen LogP contribution in [0.4, 0.5) is 0 Å². The van der Waals surface area contributed by atoms with Gasteiger partial charge in [0.15, 0.2) is 17.8 Å². The van der Waals surface area contributed by atoms with E-state index in [1.807, 2.05) is 0 Å². The first-order valence-corrected chi connectivity index (χ1v) is 12.3. The van der Waals surface area contributed by atoms with Crippen molar-refractivity contribution in [2.75, 3.05) is 20.3 Å². The first-order chi connectivity index (χ1) is 17.8. The van der Waals surface area contributed by atoms with E-state index in [4.69, 9.17) is 33.3 Å². The highest BCUT2D eigenvalue weighted by atomic mass is 32.3. The average molecular weight is 572 g/mol. The maximum atomic E-state index is 11.2. The fraction of sp³-hybridized carbons (Fsp3) is 0.650. The molecule has 1 aromatic carbocycles. The predicted molar refractivity (Wildman–Crippen MR) is 117 cm³/mol. The average Bonchev–Trinajstić information content (AvgIpc) is 2.86. The van der Waals surface area contributed by atoms with Gasteiger partial charge in [0.2, 0.25) is 6.29 Å². The molecule has 2 saturated heterocycles. The van der Waals surface area contributed by atoms with E-state index in [1.54, 1.807) is 0 Å². The summed E-state index contributed by atoms with van der Waals surface area (Å²) in [5, 5.41) is 70.3. The summed E-state index contributed by atoms with van der Waals surface area (Å²) in [5.74, 6) is -1.38. The van der Waals surface area contributed by atoms with Gasteiger partial charge < -0.3 is 59.4 Å². The first-order valence-electron chi connectivity index (χ1n) is 10.9. The number of carboxylic acid groups (broad SMARTS) is 1. The molecule has 0 bridgehead atoms. The number of rotatable bonds is 10. The summed E-state index contributed by atoms with van der Waals surface area (Å²) in [5.41, 5.74) is -0.130. The largest absolute Gasteiger partial charge is 0.493 e. The van der Waals surface area contributed by atoms with Crippen LogP contribution in [0.1, 0.15) is 10.4 Å². The molecule has 18 heteroatoms. The monoisotopic (exact) mass is 572 g/mol. The van der Waals surface area contributed by atoms with Gasteiger partial charge >= 0.3 is 16.4 Å². The maximum absolute atomic E-state index is 11.2. The van der Waals surface area contributed by atoms with Crippen molar-refractivity contribution in [3.8, 4) is 11.5 Å². The number of hydrogen-bond donors (Lipinski definition) is 8. The van der Waals surface area contributed by atoms with Gasteiger partial charge in [0.1, 0.15) is 48.8 Å². The summed E-state index contributed by atoms with van der Waals surface area (Å²) in [6, 6.07) is 3.53. The molecule has 216 valence electrons. The molecule has 0 saturated carbocycles. The smallest absolute Gasteiger partial charge is 0.397 e. The molecule has 0 amide bonds. The minimum absolute atomic E-state index is 0.0497. The van der Waals surface area contributed by atoms with Crippen molar-refractivity contribution in [3.05, 3.63) is 23.8 Å². The number of aromatic carboxylic acids is 1. The van der Waals surface area contributed by atoms with Crippen LogP contribution in [0, 0.1) is 0 Å². The minimum atomic E-state index is -5.19. The van der Waals surface area contributed by atoms with Gasteiger partial charge in [-0.25, -0.2) is 8.98 Å². The lowest BCUT2D eigenvalue weighted by molar-refractivity contribution is -0.350. The van der Waals surface area contributed by atoms with E-state index in [-0.39, 0.29) is 17.1 Å². The van der Waals surface area contributed by atoms with Crippen molar-refractivity contribution < 1.29 is 81.4 Å². The topological polar surface area (TPSA) is 268 Å². The van der Waals surface area contributed by atoms with Gasteiger partial charge in [-0.1, -0.05) is 0 Å². The highest BCUT2D eigenvalue weighted by Gasteiger charge is 2.52. The molecule has 2 aliphatic heterocycles. The Morgan fingerprint density at radius 3 is 2.08 bits per heavy atom. The molecular formula is C20H28O17S. The van der Waals surface area contributed by atoms with E-state index >= 15 is 0 Å². The Bertz CT molecular complexity index is 1060. The van der Waals surface area contributed by atoms with Crippen molar-refractivity contribution in [3.63, 3.8) is 0 Å². The quantitative estimate of drug-likeness (QED) is 0.125. The van der Waals surface area contributed by atoms with Gasteiger partial charge in [0.05, 0.1) is 25.9 Å². The van der Waals surface area contributed by atoms with Crippen LogP contribution in [-0.2, 0) is 28.8 Å². The number of benzene rings is 1. The predicted octanol–water partition coefficient (Wildman–Crippen LogP) is -3.78. The summed E-state index contributed by atoms with van der Waals surface area (Å²) in [6.07, 6.45) is -18.2. The van der Waals surface area contributed by atoms with E-state index in [9.17, 15) is 43.9 Å². The highest BCUT2D eigenvalue weighted by molar-refractivity contribution is 7.80. The second-order valence-electron chi connectivity index (χ2n) is 8.29. The zero-order valence-electron chi connectivity index (χ0n) is 19.6. The fourth-order valence-electron chi connectivity index (χ4n) is 3.92. The summed E-state index contributed by atoms with van der Waals surface area (Å²) < 4.78 is 62.3. The molecule has 0 aromatic heterocycles. The van der Waals surface area contributed by atoms with Crippen LogP contribution >= 0.6 is 0 Å². The minimum Gasteiger partial charge on any atom is -0.493 e. The molecule has 17 nitrogen and oxygen atoms in total. The Kier molecular flexibility index (Phi) is 9.84. The fourth-order valence-corrected chi connectivity index (χ4v) is 4.42. The van der Waals surface area contributed by atoms with Crippen LogP contribution in [0.2, 0.25) is 0 Å². The SMILES string of the molecule is COc1cc(C(=O)O)ccc1O[C@@H]1O[C@H](CO)[C@@H](O[C@@H]2O[C@H](CO)[C@H](O)[C@H](OS(=O)(=O)O)[C@H]2O)[C@H](O)[C@H]1O. The Labute approximate surface area is 215 Å². The summed E-state index contributed by atoms with van der Waals surface area (Å²) in [4.78, 5) is 11.2. The first kappa shape index (κ1) is 30.3. The molecule has 8 N–H and O–H groups in total. The van der Waals surface area contributed by atoms with Crippen molar-refractivity contribution in [1.82, 2.24) is 0 Å². The lowest BCUT2D eigenvalue weighted by Gasteiger charge is -2.46. The molecule has 1 aromatic rings. The van der Waals surface area contributed by atoms with Gasteiger partial charge in [-0.3, -0.25) is 4.55 Å². The zero-order valence-corrected chi connectivity index (χ0v) is 20.4.